The first kappa shape index (κ1) is 30.3. The van der Waals surface area contributed by atoms with Gasteiger partial charge in [-0.2, -0.15) is 0 Å². The highest BCUT2D eigenvalue weighted by Crippen LogP contribution is 2.37. The quantitative estimate of drug-likeness (QED) is 0.157. The Kier molecular flexibility index (Phi) is 7.82. The van der Waals surface area contributed by atoms with Crippen molar-refractivity contribution in [3.63, 3.8) is 0 Å². The summed E-state index contributed by atoms with van der Waals surface area (Å²) in [6, 6.07) is 16.2. The van der Waals surface area contributed by atoms with Gasteiger partial charge in [0.25, 0.3) is 0 Å². The third kappa shape index (κ3) is 5.55. The van der Waals surface area contributed by atoms with Gasteiger partial charge in [0.15, 0.2) is 11.6 Å². The number of hydrogen-bond acceptors (Lipinski definition) is 5. The van der Waals surface area contributed by atoms with Gasteiger partial charge in [-0.1, -0.05) is 53.9 Å². The first-order valence-corrected chi connectivity index (χ1v) is 15.6. The number of likely N-dealkylation sites (tertiary alicyclic amines) is 1. The number of aryl methyl sites for hydroxylation is 1. The molecule has 0 saturated carbocycles. The summed E-state index contributed by atoms with van der Waals surface area (Å²) in [5.74, 6) is 5.21. The molecule has 3 aromatic carbocycles. The van der Waals surface area contributed by atoms with Crippen LogP contribution < -0.4 is 5.32 Å². The number of rotatable bonds is 7. The number of halogens is 2. The number of amides is 2. The van der Waals surface area contributed by atoms with Crippen molar-refractivity contribution >= 4 is 45.8 Å². The number of aromatic nitrogens is 3. The van der Waals surface area contributed by atoms with E-state index in [1.165, 1.54) is 13.0 Å². The summed E-state index contributed by atoms with van der Waals surface area (Å²) >= 11 is 6.33. The Labute approximate surface area is 275 Å². The predicted octanol–water partition coefficient (Wildman–Crippen LogP) is 6.70. The van der Waals surface area contributed by atoms with Gasteiger partial charge in [0, 0.05) is 69.1 Å². The lowest BCUT2D eigenvalue weighted by atomic mass is 10.0. The zero-order chi connectivity index (χ0) is 32.8. The Bertz CT molecular complexity index is 2150. The highest BCUT2D eigenvalue weighted by atomic mass is 35.5. The Balaban J connectivity index is 1.17. The van der Waals surface area contributed by atoms with Gasteiger partial charge in [0.1, 0.15) is 18.4 Å². The lowest BCUT2D eigenvalue weighted by Crippen LogP contribution is -2.48. The summed E-state index contributed by atoms with van der Waals surface area (Å²) in [6.45, 7) is 3.20. The van der Waals surface area contributed by atoms with Crippen LogP contribution >= 0.6 is 11.6 Å². The molecule has 1 aliphatic carbocycles. The van der Waals surface area contributed by atoms with Gasteiger partial charge >= 0.3 is 0 Å². The van der Waals surface area contributed by atoms with Crippen molar-refractivity contribution < 1.29 is 18.8 Å². The number of benzene rings is 3. The molecule has 2 aromatic heterocycles. The van der Waals surface area contributed by atoms with Crippen molar-refractivity contribution in [2.24, 2.45) is 5.92 Å². The van der Waals surface area contributed by atoms with E-state index in [1.807, 2.05) is 25.1 Å². The first-order valence-electron chi connectivity index (χ1n) is 15.3. The fourth-order valence-corrected chi connectivity index (χ4v) is 6.85. The Hall–Kier alpha value is -5.33. The van der Waals surface area contributed by atoms with Gasteiger partial charge in [-0.15, -0.1) is 5.92 Å². The van der Waals surface area contributed by atoms with Crippen LogP contribution in [0, 0.1) is 30.5 Å². The molecular formula is C37H29ClFN5O3. The third-order valence-corrected chi connectivity index (χ3v) is 9.25. The van der Waals surface area contributed by atoms with Crippen LogP contribution in [0.25, 0.3) is 33.2 Å². The number of fused-ring (bicyclic) bond motifs is 2. The smallest absolute Gasteiger partial charge is 0.247 e. The number of carbonyl (C=O) groups excluding carboxylic acids is 3. The van der Waals surface area contributed by atoms with E-state index in [0.29, 0.717) is 45.7 Å². The van der Waals surface area contributed by atoms with Crippen molar-refractivity contribution in [2.75, 3.05) is 5.32 Å². The summed E-state index contributed by atoms with van der Waals surface area (Å²) < 4.78 is 17.5. The number of carbonyl (C=O) groups is 3. The van der Waals surface area contributed by atoms with Crippen molar-refractivity contribution in [3.05, 3.63) is 101 Å². The van der Waals surface area contributed by atoms with Gasteiger partial charge < -0.3 is 14.8 Å². The molecular weight excluding hydrogens is 617 g/mol. The molecule has 234 valence electrons. The van der Waals surface area contributed by atoms with Crippen molar-refractivity contribution in [3.8, 4) is 34.1 Å². The van der Waals surface area contributed by atoms with Crippen LogP contribution in [0.2, 0.25) is 5.02 Å². The highest BCUT2D eigenvalue weighted by molar-refractivity contribution is 6.33. The van der Waals surface area contributed by atoms with Crippen LogP contribution in [0.3, 0.4) is 0 Å². The van der Waals surface area contributed by atoms with E-state index < -0.39 is 17.8 Å². The standard InChI is InChI=1S/C37H29ClFN5O3/c1-21(45)29-19-43(33-14-13-23(15-28(29)33)25-17-40-22(2)41-18-25)20-35(46)44-32-12-5-7-24(32)16-34(44)37(47)42-31-11-6-9-27(36(31)39)26-8-3-4-10-30(26)38/h3-4,6,8-11,13-15,17-19,24,32,34H,12,16,20H2,1-2H3,(H,42,47)/t24-,32-,34+/m1/s1. The normalized spacial score (nSPS) is 18.1. The maximum atomic E-state index is 15.7. The minimum atomic E-state index is -0.849. The van der Waals surface area contributed by atoms with Gasteiger partial charge in [-0.25, -0.2) is 14.4 Å². The van der Waals surface area contributed by atoms with Crippen LogP contribution in [0.4, 0.5) is 10.1 Å². The molecule has 2 aliphatic rings. The molecule has 1 aliphatic heterocycles. The van der Waals surface area contributed by atoms with Crippen molar-refractivity contribution in [2.45, 2.75) is 45.3 Å². The molecule has 10 heteroatoms. The molecule has 5 aromatic rings. The van der Waals surface area contributed by atoms with Gasteiger partial charge in [-0.05, 0) is 50.1 Å². The summed E-state index contributed by atoms with van der Waals surface area (Å²) in [6.07, 6.45) is 5.94. The topological polar surface area (TPSA) is 97.2 Å². The van der Waals surface area contributed by atoms with Gasteiger partial charge in [0.05, 0.1) is 11.7 Å². The Morgan fingerprint density at radius 3 is 2.55 bits per heavy atom. The second kappa shape index (κ2) is 12.1. The molecule has 1 saturated heterocycles. The maximum absolute atomic E-state index is 15.7. The van der Waals surface area contributed by atoms with Crippen molar-refractivity contribution in [1.82, 2.24) is 19.4 Å². The summed E-state index contributed by atoms with van der Waals surface area (Å²) in [7, 11) is 0. The van der Waals surface area contributed by atoms with E-state index in [9.17, 15) is 14.4 Å². The summed E-state index contributed by atoms with van der Waals surface area (Å²) in [4.78, 5) is 50.7. The van der Waals surface area contributed by atoms with E-state index in [2.05, 4.69) is 27.1 Å². The molecule has 7 rings (SSSR count). The minimum absolute atomic E-state index is 0.000229. The largest absolute Gasteiger partial charge is 0.337 e. The van der Waals surface area contributed by atoms with E-state index in [1.54, 1.807) is 64.5 Å². The van der Waals surface area contributed by atoms with Crippen LogP contribution in [0.5, 0.6) is 0 Å². The number of nitrogens with zero attached hydrogens (tertiary/aromatic N) is 4. The average molecular weight is 646 g/mol. The number of nitrogens with one attached hydrogen (secondary N) is 1. The number of anilines is 1. The SMILES string of the molecule is CC(=O)c1cn(CC(=O)N2[C@@H]3CC#C[C@@H]3C[C@H]2C(=O)Nc2cccc(-c3ccccc3Cl)c2F)c2ccc(-c3cnc(C)nc3)cc12. The highest BCUT2D eigenvalue weighted by Gasteiger charge is 2.47. The fraction of sp³-hybridized carbons (Fsp3) is 0.216. The van der Waals surface area contributed by atoms with Gasteiger partial charge in [0.2, 0.25) is 11.8 Å². The van der Waals surface area contributed by atoms with Crippen LogP contribution in [0.15, 0.2) is 79.3 Å². The molecule has 3 heterocycles. The van der Waals surface area contributed by atoms with Crippen LogP contribution in [-0.2, 0) is 16.1 Å². The second-order valence-electron chi connectivity index (χ2n) is 11.9. The second-order valence-corrected chi connectivity index (χ2v) is 12.3. The molecule has 2 amide bonds. The monoisotopic (exact) mass is 645 g/mol. The molecule has 47 heavy (non-hydrogen) atoms. The third-order valence-electron chi connectivity index (χ3n) is 8.92. The number of ketones is 1. The molecule has 0 bridgehead atoms. The lowest BCUT2D eigenvalue weighted by Gasteiger charge is -2.29. The van der Waals surface area contributed by atoms with Crippen LogP contribution in [-0.4, -0.2) is 49.1 Å². The molecule has 3 atom stereocenters. The van der Waals surface area contributed by atoms with E-state index in [-0.39, 0.29) is 41.4 Å². The molecule has 1 fully saturated rings. The van der Waals surface area contributed by atoms with E-state index in [4.69, 9.17) is 11.6 Å². The number of hydrogen-bond donors (Lipinski definition) is 1. The van der Waals surface area contributed by atoms with E-state index in [0.717, 1.165) is 11.1 Å². The van der Waals surface area contributed by atoms with E-state index >= 15 is 4.39 Å². The first-order chi connectivity index (χ1) is 22.7. The van der Waals surface area contributed by atoms with Crippen molar-refractivity contribution in [1.29, 1.82) is 0 Å². The van der Waals surface area contributed by atoms with Gasteiger partial charge in [-0.3, -0.25) is 14.4 Å². The summed E-state index contributed by atoms with van der Waals surface area (Å²) in [5.41, 5.74) is 3.61. The maximum Gasteiger partial charge on any atom is 0.247 e. The fourth-order valence-electron chi connectivity index (χ4n) is 6.61. The Morgan fingerprint density at radius 1 is 1.02 bits per heavy atom. The molecule has 0 radical (unpaired) electrons. The Morgan fingerprint density at radius 2 is 1.79 bits per heavy atom. The summed E-state index contributed by atoms with van der Waals surface area (Å²) in [5, 5.41) is 3.83. The molecule has 0 spiro atoms. The molecule has 1 N–H and O–H groups in total. The zero-order valence-corrected chi connectivity index (χ0v) is 26.4. The minimum Gasteiger partial charge on any atom is -0.337 e. The zero-order valence-electron chi connectivity index (χ0n) is 25.6. The lowest BCUT2D eigenvalue weighted by molar-refractivity contribution is -0.139. The van der Waals surface area contributed by atoms with Crippen LogP contribution in [0.1, 0.15) is 35.9 Å². The predicted molar refractivity (Wildman–Crippen MR) is 178 cm³/mol. The average Bonchev–Trinajstić information content (AvgIpc) is 3.76. The molecule has 8 nitrogen and oxygen atoms in total. The molecule has 0 unspecified atom stereocenters. The number of Topliss-reactive ketones (excluding diaryl/α,β-unsaturated/α-hetero) is 1.